The van der Waals surface area contributed by atoms with Crippen LogP contribution in [0.3, 0.4) is 0 Å². The van der Waals surface area contributed by atoms with Gasteiger partial charge >= 0.3 is 0 Å². The third-order valence-electron chi connectivity index (χ3n) is 5.71. The number of nitrogens with zero attached hydrogens (tertiary/aromatic N) is 1. The fraction of sp³-hybridized carbons (Fsp3) is 0.696. The summed E-state index contributed by atoms with van der Waals surface area (Å²) in [7, 11) is 0. The van der Waals surface area contributed by atoms with Crippen molar-refractivity contribution in [3.8, 4) is 0 Å². The molecule has 6 heteroatoms. The Bertz CT molecular complexity index is 634. The molecule has 1 aromatic carbocycles. The molecule has 1 heterocycles. The number of ether oxygens (including phenoxy) is 2. The van der Waals surface area contributed by atoms with Gasteiger partial charge in [0.15, 0.2) is 5.96 Å². The summed E-state index contributed by atoms with van der Waals surface area (Å²) >= 11 is 2.00. The fourth-order valence-electron chi connectivity index (χ4n) is 4.05. The SMILES string of the molecule is CCNC(=NCc1cccc(COC2CCOCC2)c1)NC1CCCC(SC)C1. The van der Waals surface area contributed by atoms with Crippen LogP contribution in [-0.4, -0.2) is 49.4 Å². The molecular formula is C23H37N3O2S. The zero-order chi connectivity index (χ0) is 20.3. The number of guanidine groups is 1. The molecule has 5 nitrogen and oxygen atoms in total. The van der Waals surface area contributed by atoms with E-state index in [9.17, 15) is 0 Å². The smallest absolute Gasteiger partial charge is 0.191 e. The van der Waals surface area contributed by atoms with Gasteiger partial charge < -0.3 is 20.1 Å². The first-order valence-corrected chi connectivity index (χ1v) is 12.4. The van der Waals surface area contributed by atoms with Crippen molar-refractivity contribution in [1.29, 1.82) is 0 Å². The molecule has 2 fully saturated rings. The topological polar surface area (TPSA) is 54.9 Å². The molecule has 0 spiro atoms. The fourth-order valence-corrected chi connectivity index (χ4v) is 4.88. The summed E-state index contributed by atoms with van der Waals surface area (Å²) < 4.78 is 11.5. The zero-order valence-corrected chi connectivity index (χ0v) is 18.8. The number of hydrogen-bond donors (Lipinski definition) is 2. The quantitative estimate of drug-likeness (QED) is 0.491. The standard InChI is InChI=1S/C23H37N3O2S/c1-3-24-23(26-20-8-5-9-22(15-20)29-2)25-16-18-6-4-7-19(14-18)17-28-21-10-12-27-13-11-21/h4,6-7,14,20-22H,3,5,8-13,15-17H2,1-2H3,(H2,24,25,26). The second-order valence-electron chi connectivity index (χ2n) is 8.00. The first-order valence-electron chi connectivity index (χ1n) is 11.1. The van der Waals surface area contributed by atoms with Crippen molar-refractivity contribution in [2.24, 2.45) is 4.99 Å². The second kappa shape index (κ2) is 12.5. The van der Waals surface area contributed by atoms with Crippen molar-refractivity contribution < 1.29 is 9.47 Å². The number of aliphatic imine (C=N–C) groups is 1. The number of hydrogen-bond acceptors (Lipinski definition) is 4. The Labute approximate surface area is 180 Å². The van der Waals surface area contributed by atoms with Crippen LogP contribution in [0.1, 0.15) is 56.6 Å². The Morgan fingerprint density at radius 1 is 1.21 bits per heavy atom. The molecule has 0 amide bonds. The average molecular weight is 420 g/mol. The lowest BCUT2D eigenvalue weighted by molar-refractivity contribution is -0.0390. The van der Waals surface area contributed by atoms with E-state index in [0.29, 0.717) is 25.3 Å². The van der Waals surface area contributed by atoms with E-state index in [4.69, 9.17) is 14.5 Å². The van der Waals surface area contributed by atoms with E-state index in [1.54, 1.807) is 0 Å². The van der Waals surface area contributed by atoms with Crippen LogP contribution < -0.4 is 10.6 Å². The Hall–Kier alpha value is -1.24. The van der Waals surface area contributed by atoms with Crippen LogP contribution >= 0.6 is 11.8 Å². The number of nitrogens with one attached hydrogen (secondary N) is 2. The van der Waals surface area contributed by atoms with Crippen LogP contribution in [0.4, 0.5) is 0 Å². The van der Waals surface area contributed by atoms with Crippen LogP contribution in [-0.2, 0) is 22.6 Å². The van der Waals surface area contributed by atoms with Gasteiger partial charge in [-0.05, 0) is 56.4 Å². The van der Waals surface area contributed by atoms with Gasteiger partial charge in [-0.15, -0.1) is 0 Å². The monoisotopic (exact) mass is 419 g/mol. The lowest BCUT2D eigenvalue weighted by Gasteiger charge is -2.29. The second-order valence-corrected chi connectivity index (χ2v) is 9.14. The van der Waals surface area contributed by atoms with Gasteiger partial charge in [-0.1, -0.05) is 30.7 Å². The van der Waals surface area contributed by atoms with E-state index in [1.165, 1.54) is 36.8 Å². The first-order chi connectivity index (χ1) is 14.3. The highest BCUT2D eigenvalue weighted by molar-refractivity contribution is 7.99. The predicted molar refractivity (Wildman–Crippen MR) is 123 cm³/mol. The van der Waals surface area contributed by atoms with Gasteiger partial charge in [0.05, 0.1) is 19.3 Å². The molecule has 1 saturated heterocycles. The maximum absolute atomic E-state index is 6.07. The predicted octanol–water partition coefficient (Wildman–Crippen LogP) is 4.11. The van der Waals surface area contributed by atoms with E-state index in [0.717, 1.165) is 43.8 Å². The van der Waals surface area contributed by atoms with Crippen LogP contribution in [0.2, 0.25) is 0 Å². The van der Waals surface area contributed by atoms with Crippen molar-refractivity contribution in [2.75, 3.05) is 26.0 Å². The highest BCUT2D eigenvalue weighted by Gasteiger charge is 2.21. The lowest BCUT2D eigenvalue weighted by atomic mass is 9.95. The van der Waals surface area contributed by atoms with Gasteiger partial charge in [-0.3, -0.25) is 0 Å². The van der Waals surface area contributed by atoms with Gasteiger partial charge in [-0.25, -0.2) is 4.99 Å². The van der Waals surface area contributed by atoms with Gasteiger partial charge in [0.2, 0.25) is 0 Å². The summed E-state index contributed by atoms with van der Waals surface area (Å²) in [6, 6.07) is 9.14. The summed E-state index contributed by atoms with van der Waals surface area (Å²) in [6.07, 6.45) is 9.67. The van der Waals surface area contributed by atoms with Crippen molar-refractivity contribution in [1.82, 2.24) is 10.6 Å². The minimum Gasteiger partial charge on any atom is -0.381 e. The van der Waals surface area contributed by atoms with Crippen LogP contribution in [0.15, 0.2) is 29.3 Å². The molecule has 0 radical (unpaired) electrons. The average Bonchev–Trinajstić information content (AvgIpc) is 2.77. The third kappa shape index (κ3) is 7.83. The maximum Gasteiger partial charge on any atom is 0.191 e. The van der Waals surface area contributed by atoms with E-state index in [2.05, 4.69) is 48.1 Å². The molecule has 1 saturated carbocycles. The molecule has 162 valence electrons. The Kier molecular flexibility index (Phi) is 9.64. The van der Waals surface area contributed by atoms with Crippen LogP contribution in [0, 0.1) is 0 Å². The minimum atomic E-state index is 0.329. The van der Waals surface area contributed by atoms with Crippen molar-refractivity contribution in [3.63, 3.8) is 0 Å². The highest BCUT2D eigenvalue weighted by Crippen LogP contribution is 2.26. The molecule has 0 aromatic heterocycles. The van der Waals surface area contributed by atoms with E-state index in [1.807, 2.05) is 11.8 Å². The van der Waals surface area contributed by atoms with Gasteiger partial charge in [0, 0.05) is 31.1 Å². The molecule has 2 unspecified atom stereocenters. The maximum atomic E-state index is 6.07. The van der Waals surface area contributed by atoms with Crippen LogP contribution in [0.5, 0.6) is 0 Å². The Morgan fingerprint density at radius 3 is 2.83 bits per heavy atom. The normalized spacial score (nSPS) is 23.7. The third-order valence-corrected chi connectivity index (χ3v) is 6.80. The minimum absolute atomic E-state index is 0.329. The van der Waals surface area contributed by atoms with Gasteiger partial charge in [0.25, 0.3) is 0 Å². The van der Waals surface area contributed by atoms with Gasteiger partial charge in [0.1, 0.15) is 0 Å². The van der Waals surface area contributed by atoms with Crippen LogP contribution in [0.25, 0.3) is 0 Å². The number of rotatable bonds is 8. The summed E-state index contributed by atoms with van der Waals surface area (Å²) in [5.41, 5.74) is 2.44. The number of benzene rings is 1. The zero-order valence-electron chi connectivity index (χ0n) is 18.0. The largest absolute Gasteiger partial charge is 0.381 e. The van der Waals surface area contributed by atoms with Crippen molar-refractivity contribution in [2.45, 2.75) is 76.0 Å². The van der Waals surface area contributed by atoms with Crippen molar-refractivity contribution in [3.05, 3.63) is 35.4 Å². The Balaban J connectivity index is 1.52. The van der Waals surface area contributed by atoms with E-state index >= 15 is 0 Å². The molecule has 1 aliphatic carbocycles. The molecule has 3 rings (SSSR count). The van der Waals surface area contributed by atoms with E-state index in [-0.39, 0.29) is 0 Å². The molecule has 1 aliphatic heterocycles. The molecule has 1 aromatic rings. The summed E-state index contributed by atoms with van der Waals surface area (Å²) in [5.74, 6) is 0.933. The number of thioether (sulfide) groups is 1. The molecule has 29 heavy (non-hydrogen) atoms. The lowest BCUT2D eigenvalue weighted by Crippen LogP contribution is -2.45. The molecule has 2 N–H and O–H groups in total. The Morgan fingerprint density at radius 2 is 2.03 bits per heavy atom. The summed E-state index contributed by atoms with van der Waals surface area (Å²) in [4.78, 5) is 4.85. The van der Waals surface area contributed by atoms with Crippen molar-refractivity contribution >= 4 is 17.7 Å². The van der Waals surface area contributed by atoms with Gasteiger partial charge in [-0.2, -0.15) is 11.8 Å². The summed E-state index contributed by atoms with van der Waals surface area (Å²) in [5, 5.41) is 7.85. The summed E-state index contributed by atoms with van der Waals surface area (Å²) in [6.45, 7) is 5.98. The molecular weight excluding hydrogens is 382 g/mol. The molecule has 2 atom stereocenters. The highest BCUT2D eigenvalue weighted by atomic mass is 32.2. The van der Waals surface area contributed by atoms with E-state index < -0.39 is 0 Å². The molecule has 2 aliphatic rings. The molecule has 0 bridgehead atoms. The first kappa shape index (κ1) is 22.4.